The number of aromatic nitrogens is 4. The van der Waals surface area contributed by atoms with Gasteiger partial charge >= 0.3 is 0 Å². The Labute approximate surface area is 195 Å². The van der Waals surface area contributed by atoms with Crippen LogP contribution in [0.5, 0.6) is 0 Å². The van der Waals surface area contributed by atoms with Gasteiger partial charge in [0, 0.05) is 42.5 Å². The number of aryl methyl sites for hydroxylation is 3. The minimum atomic E-state index is -0.0924. The summed E-state index contributed by atoms with van der Waals surface area (Å²) in [6.45, 7) is 7.59. The smallest absolute Gasteiger partial charge is 0.252 e. The van der Waals surface area contributed by atoms with Crippen molar-refractivity contribution in [3.8, 4) is 5.95 Å². The number of nitrogens with one attached hydrogen (secondary N) is 2. The Kier molecular flexibility index (Phi) is 7.37. The predicted molar refractivity (Wildman–Crippen MR) is 126 cm³/mol. The number of piperidine rings is 1. The molecule has 1 aliphatic heterocycles. The molecule has 1 aliphatic carbocycles. The Bertz CT molecular complexity index is 968. The third-order valence-corrected chi connectivity index (χ3v) is 6.54. The van der Waals surface area contributed by atoms with Crippen LogP contribution in [-0.4, -0.2) is 62.1 Å². The van der Waals surface area contributed by atoms with Crippen LogP contribution >= 0.6 is 0 Å². The van der Waals surface area contributed by atoms with E-state index >= 15 is 0 Å². The zero-order chi connectivity index (χ0) is 23.4. The number of nitrogens with zero attached hydrogens (tertiary/aromatic N) is 5. The lowest BCUT2D eigenvalue weighted by Gasteiger charge is -2.33. The predicted octanol–water partition coefficient (Wildman–Crippen LogP) is 2.69. The van der Waals surface area contributed by atoms with E-state index in [1.54, 1.807) is 4.68 Å². The Morgan fingerprint density at radius 1 is 0.939 bits per heavy atom. The summed E-state index contributed by atoms with van der Waals surface area (Å²) in [6.07, 6.45) is 7.38. The normalized spacial score (nSPS) is 18.3. The average molecular weight is 454 g/mol. The van der Waals surface area contributed by atoms with Crippen molar-refractivity contribution >= 4 is 17.6 Å². The largest absolute Gasteiger partial charge is 0.353 e. The molecule has 2 aromatic heterocycles. The van der Waals surface area contributed by atoms with Crippen LogP contribution in [0, 0.1) is 26.7 Å². The molecule has 2 amide bonds. The van der Waals surface area contributed by atoms with E-state index in [0.717, 1.165) is 55.9 Å². The molecule has 2 aromatic rings. The van der Waals surface area contributed by atoms with Crippen molar-refractivity contribution in [2.24, 2.45) is 5.92 Å². The zero-order valence-corrected chi connectivity index (χ0v) is 19.9. The Balaban J connectivity index is 1.28. The second-order valence-corrected chi connectivity index (χ2v) is 9.48. The third kappa shape index (κ3) is 6.16. The van der Waals surface area contributed by atoms with E-state index in [1.165, 1.54) is 19.3 Å². The lowest BCUT2D eigenvalue weighted by atomic mass is 9.88. The summed E-state index contributed by atoms with van der Waals surface area (Å²) in [5.41, 5.74) is 2.48. The fourth-order valence-electron chi connectivity index (χ4n) is 4.85. The first-order chi connectivity index (χ1) is 15.9. The molecule has 9 heteroatoms. The number of carbonyl (C=O) groups is 2. The van der Waals surface area contributed by atoms with Crippen LogP contribution in [0.1, 0.15) is 62.0 Å². The molecular formula is C24H35N7O2. The van der Waals surface area contributed by atoms with E-state index in [4.69, 9.17) is 0 Å². The number of hydrogen-bond donors (Lipinski definition) is 2. The molecule has 0 aromatic carbocycles. The van der Waals surface area contributed by atoms with Gasteiger partial charge in [-0.1, -0.05) is 19.3 Å². The van der Waals surface area contributed by atoms with Crippen LogP contribution in [0.15, 0.2) is 12.1 Å². The summed E-state index contributed by atoms with van der Waals surface area (Å²) < 4.78 is 1.58. The van der Waals surface area contributed by atoms with Gasteiger partial charge in [0.15, 0.2) is 0 Å². The molecule has 3 heterocycles. The third-order valence-electron chi connectivity index (χ3n) is 6.54. The molecule has 2 fully saturated rings. The van der Waals surface area contributed by atoms with Crippen molar-refractivity contribution in [2.45, 2.75) is 71.8 Å². The van der Waals surface area contributed by atoms with Gasteiger partial charge in [-0.05, 0) is 52.5 Å². The van der Waals surface area contributed by atoms with Crippen molar-refractivity contribution < 1.29 is 9.59 Å². The van der Waals surface area contributed by atoms with Gasteiger partial charge in [-0.2, -0.15) is 9.78 Å². The number of anilines is 1. The van der Waals surface area contributed by atoms with E-state index in [0.29, 0.717) is 18.3 Å². The molecule has 33 heavy (non-hydrogen) atoms. The van der Waals surface area contributed by atoms with Crippen LogP contribution in [-0.2, 0) is 9.59 Å². The maximum atomic E-state index is 12.8. The lowest BCUT2D eigenvalue weighted by molar-refractivity contribution is -0.127. The number of carbonyl (C=O) groups excluding carboxylic acids is 2. The van der Waals surface area contributed by atoms with Gasteiger partial charge in [0.05, 0.1) is 12.2 Å². The molecule has 1 saturated heterocycles. The van der Waals surface area contributed by atoms with E-state index in [2.05, 4.69) is 30.6 Å². The Morgan fingerprint density at radius 2 is 1.61 bits per heavy atom. The van der Waals surface area contributed by atoms with Crippen LogP contribution in [0.3, 0.4) is 0 Å². The van der Waals surface area contributed by atoms with Crippen molar-refractivity contribution in [3.63, 3.8) is 0 Å². The second kappa shape index (κ2) is 10.4. The average Bonchev–Trinajstić information content (AvgIpc) is 3.15. The standard InChI is InChI=1S/C24H35N7O2/c1-16-13-17(2)26-24(25-16)31-21(14-18(3)29-31)28-22(32)15-30-11-9-20(10-12-30)27-23(33)19-7-5-4-6-8-19/h13-14,19-20H,4-12,15H2,1-3H3,(H,27,33)(H,28,32). The first-order valence-electron chi connectivity index (χ1n) is 12.1. The van der Waals surface area contributed by atoms with Crippen LogP contribution < -0.4 is 10.6 Å². The number of likely N-dealkylation sites (tertiary alicyclic amines) is 1. The SMILES string of the molecule is Cc1cc(C)nc(-n2nc(C)cc2NC(=O)CN2CCC(NC(=O)C3CCCCC3)CC2)n1. The van der Waals surface area contributed by atoms with Gasteiger partial charge in [0.25, 0.3) is 5.95 Å². The molecule has 178 valence electrons. The van der Waals surface area contributed by atoms with Crippen molar-refractivity contribution in [2.75, 3.05) is 25.0 Å². The lowest BCUT2D eigenvalue weighted by Crippen LogP contribution is -2.48. The van der Waals surface area contributed by atoms with Crippen molar-refractivity contribution in [3.05, 3.63) is 29.2 Å². The number of hydrogen-bond acceptors (Lipinski definition) is 6. The number of rotatable bonds is 6. The second-order valence-electron chi connectivity index (χ2n) is 9.48. The highest BCUT2D eigenvalue weighted by Crippen LogP contribution is 2.24. The summed E-state index contributed by atoms with van der Waals surface area (Å²) in [7, 11) is 0. The molecule has 0 radical (unpaired) electrons. The zero-order valence-electron chi connectivity index (χ0n) is 19.9. The van der Waals surface area contributed by atoms with Gasteiger partial charge in [-0.25, -0.2) is 9.97 Å². The number of amides is 2. The van der Waals surface area contributed by atoms with Crippen LogP contribution in [0.25, 0.3) is 5.95 Å². The van der Waals surface area contributed by atoms with E-state index in [1.807, 2.05) is 32.9 Å². The highest BCUT2D eigenvalue weighted by atomic mass is 16.2. The van der Waals surface area contributed by atoms with Gasteiger partial charge in [0.1, 0.15) is 5.82 Å². The summed E-state index contributed by atoms with van der Waals surface area (Å²) in [5.74, 6) is 1.34. The highest BCUT2D eigenvalue weighted by Gasteiger charge is 2.26. The van der Waals surface area contributed by atoms with Gasteiger partial charge in [0.2, 0.25) is 11.8 Å². The van der Waals surface area contributed by atoms with E-state index < -0.39 is 0 Å². The van der Waals surface area contributed by atoms with E-state index in [9.17, 15) is 9.59 Å². The Hall–Kier alpha value is -2.81. The van der Waals surface area contributed by atoms with Gasteiger partial charge in [-0.3, -0.25) is 14.5 Å². The molecule has 2 aliphatic rings. The topological polar surface area (TPSA) is 105 Å². The van der Waals surface area contributed by atoms with Crippen molar-refractivity contribution in [1.29, 1.82) is 0 Å². The van der Waals surface area contributed by atoms with Crippen LogP contribution in [0.4, 0.5) is 5.82 Å². The molecule has 0 spiro atoms. The van der Waals surface area contributed by atoms with Gasteiger partial charge in [-0.15, -0.1) is 0 Å². The van der Waals surface area contributed by atoms with Gasteiger partial charge < -0.3 is 10.6 Å². The highest BCUT2D eigenvalue weighted by molar-refractivity contribution is 5.91. The first kappa shape index (κ1) is 23.4. The maximum Gasteiger partial charge on any atom is 0.252 e. The minimum Gasteiger partial charge on any atom is -0.353 e. The minimum absolute atomic E-state index is 0.0924. The quantitative estimate of drug-likeness (QED) is 0.697. The fraction of sp³-hybridized carbons (Fsp3) is 0.625. The molecule has 0 bridgehead atoms. The monoisotopic (exact) mass is 453 g/mol. The first-order valence-corrected chi connectivity index (χ1v) is 12.1. The molecular weight excluding hydrogens is 418 g/mol. The molecule has 0 unspecified atom stereocenters. The maximum absolute atomic E-state index is 12.8. The summed E-state index contributed by atoms with van der Waals surface area (Å²) in [6, 6.07) is 3.94. The molecule has 0 atom stereocenters. The summed E-state index contributed by atoms with van der Waals surface area (Å²) >= 11 is 0. The fourth-order valence-corrected chi connectivity index (χ4v) is 4.85. The van der Waals surface area contributed by atoms with Crippen molar-refractivity contribution in [1.82, 2.24) is 30.0 Å². The summed E-state index contributed by atoms with van der Waals surface area (Å²) in [4.78, 5) is 36.3. The molecule has 2 N–H and O–H groups in total. The molecule has 4 rings (SSSR count). The summed E-state index contributed by atoms with van der Waals surface area (Å²) in [5, 5.41) is 10.7. The Morgan fingerprint density at radius 3 is 2.27 bits per heavy atom. The van der Waals surface area contributed by atoms with Crippen LogP contribution in [0.2, 0.25) is 0 Å². The molecule has 1 saturated carbocycles. The molecule has 9 nitrogen and oxygen atoms in total. The van der Waals surface area contributed by atoms with E-state index in [-0.39, 0.29) is 23.8 Å².